The summed E-state index contributed by atoms with van der Waals surface area (Å²) in [6, 6.07) is 27.8. The Morgan fingerprint density at radius 1 is 0.897 bits per heavy atom. The zero-order valence-corrected chi connectivity index (χ0v) is 17.0. The molecule has 0 bridgehead atoms. The van der Waals surface area contributed by atoms with Crippen LogP contribution in [-0.4, -0.2) is 10.9 Å². The Labute approximate surface area is 177 Å². The molecule has 5 heteroatoms. The summed E-state index contributed by atoms with van der Waals surface area (Å²) in [6.07, 6.45) is 2.09. The summed E-state index contributed by atoms with van der Waals surface area (Å²) in [5, 5.41) is 3.04. The smallest absolute Gasteiger partial charge is 0.266 e. The first kappa shape index (κ1) is 18.1. The maximum Gasteiger partial charge on any atom is 0.284 e. The zero-order chi connectivity index (χ0) is 19.8. The molecule has 0 saturated heterocycles. The molecule has 0 aliphatic carbocycles. The first-order valence-electron chi connectivity index (χ1n) is 9.32. The number of hydrazine groups is 1. The van der Waals surface area contributed by atoms with Gasteiger partial charge in [-0.1, -0.05) is 90.5 Å². The lowest BCUT2D eigenvalue weighted by Crippen LogP contribution is -2.38. The number of nitrogens with zero attached hydrogens (tertiary/aromatic N) is 1. The Morgan fingerprint density at radius 3 is 2.28 bits per heavy atom. The summed E-state index contributed by atoms with van der Waals surface area (Å²) in [5.74, 6) is -0.148. The zero-order valence-electron chi connectivity index (χ0n) is 15.4. The van der Waals surface area contributed by atoms with Gasteiger partial charge in [-0.15, -0.1) is 11.3 Å². The second-order valence-electron chi connectivity index (χ2n) is 6.82. The standard InChI is InChI=1S/C24H17ClN2OS/c25-22-18-13-7-8-14-21(18)29-23(22)24(28)27-20(17-11-5-2-6-12-17)15-19(26-27)16-9-3-1-4-10-16/h1-15,19,26H. The van der Waals surface area contributed by atoms with E-state index in [-0.39, 0.29) is 11.9 Å². The van der Waals surface area contributed by atoms with Crippen molar-refractivity contribution in [3.05, 3.63) is 112 Å². The van der Waals surface area contributed by atoms with E-state index in [0.717, 1.165) is 26.9 Å². The largest absolute Gasteiger partial charge is 0.284 e. The van der Waals surface area contributed by atoms with Crippen LogP contribution in [0.4, 0.5) is 0 Å². The van der Waals surface area contributed by atoms with Crippen LogP contribution in [0.15, 0.2) is 91.0 Å². The number of nitrogens with one attached hydrogen (secondary N) is 1. The van der Waals surface area contributed by atoms with Crippen LogP contribution in [-0.2, 0) is 0 Å². The quantitative estimate of drug-likeness (QED) is 0.425. The summed E-state index contributed by atoms with van der Waals surface area (Å²) < 4.78 is 1.00. The molecule has 142 valence electrons. The predicted octanol–water partition coefficient (Wildman–Crippen LogP) is 6.30. The highest BCUT2D eigenvalue weighted by Crippen LogP contribution is 2.38. The fourth-order valence-corrected chi connectivity index (χ4v) is 5.01. The molecule has 1 N–H and O–H groups in total. The number of halogens is 1. The van der Waals surface area contributed by atoms with Crippen molar-refractivity contribution in [3.8, 4) is 0 Å². The van der Waals surface area contributed by atoms with Crippen LogP contribution < -0.4 is 5.43 Å². The van der Waals surface area contributed by atoms with E-state index in [1.807, 2.05) is 72.8 Å². The molecule has 1 unspecified atom stereocenters. The Morgan fingerprint density at radius 2 is 1.55 bits per heavy atom. The van der Waals surface area contributed by atoms with E-state index in [2.05, 4.69) is 23.6 Å². The lowest BCUT2D eigenvalue weighted by molar-refractivity contribution is 0.0783. The Bertz CT molecular complexity index is 1220. The topological polar surface area (TPSA) is 32.3 Å². The van der Waals surface area contributed by atoms with E-state index in [9.17, 15) is 4.79 Å². The van der Waals surface area contributed by atoms with E-state index >= 15 is 0 Å². The molecule has 3 nitrogen and oxygen atoms in total. The minimum Gasteiger partial charge on any atom is -0.266 e. The summed E-state index contributed by atoms with van der Waals surface area (Å²) in [5.41, 5.74) is 6.27. The number of fused-ring (bicyclic) bond motifs is 1. The first-order chi connectivity index (χ1) is 14.2. The molecule has 1 atom stereocenters. The van der Waals surface area contributed by atoms with Crippen LogP contribution in [0.3, 0.4) is 0 Å². The van der Waals surface area contributed by atoms with Gasteiger partial charge in [0, 0.05) is 10.1 Å². The summed E-state index contributed by atoms with van der Waals surface area (Å²) in [7, 11) is 0. The minimum absolute atomic E-state index is 0.0940. The van der Waals surface area contributed by atoms with Gasteiger partial charge in [0.1, 0.15) is 4.88 Å². The van der Waals surface area contributed by atoms with E-state index in [1.165, 1.54) is 11.3 Å². The van der Waals surface area contributed by atoms with Gasteiger partial charge in [-0.25, -0.2) is 10.4 Å². The van der Waals surface area contributed by atoms with Gasteiger partial charge in [0.25, 0.3) is 5.91 Å². The number of benzene rings is 3. The molecule has 1 aliphatic heterocycles. The average Bonchev–Trinajstić information content (AvgIpc) is 3.37. The van der Waals surface area contributed by atoms with Gasteiger partial charge in [0.15, 0.2) is 0 Å². The van der Waals surface area contributed by atoms with Crippen LogP contribution in [0, 0.1) is 0 Å². The molecule has 29 heavy (non-hydrogen) atoms. The van der Waals surface area contributed by atoms with Gasteiger partial charge in [-0.2, -0.15) is 0 Å². The number of carbonyl (C=O) groups excluding carboxylic acids is 1. The van der Waals surface area contributed by atoms with Crippen molar-refractivity contribution < 1.29 is 4.79 Å². The fourth-order valence-electron chi connectivity index (χ4n) is 3.56. The summed E-state index contributed by atoms with van der Waals surface area (Å²) >= 11 is 8.02. The van der Waals surface area contributed by atoms with Crippen molar-refractivity contribution in [2.24, 2.45) is 0 Å². The van der Waals surface area contributed by atoms with Gasteiger partial charge in [0.2, 0.25) is 0 Å². The normalized spacial score (nSPS) is 16.2. The Kier molecular flexibility index (Phi) is 4.68. The molecule has 1 aromatic heterocycles. The van der Waals surface area contributed by atoms with Gasteiger partial charge in [-0.3, -0.25) is 4.79 Å². The van der Waals surface area contributed by atoms with Crippen LogP contribution >= 0.6 is 22.9 Å². The average molecular weight is 417 g/mol. The second kappa shape index (κ2) is 7.48. The van der Waals surface area contributed by atoms with Crippen LogP contribution in [0.5, 0.6) is 0 Å². The molecule has 2 heterocycles. The maximum absolute atomic E-state index is 13.5. The molecule has 0 spiro atoms. The van der Waals surface area contributed by atoms with Crippen molar-refractivity contribution in [1.29, 1.82) is 0 Å². The van der Waals surface area contributed by atoms with Gasteiger partial charge in [0.05, 0.1) is 16.8 Å². The lowest BCUT2D eigenvalue weighted by atomic mass is 10.1. The summed E-state index contributed by atoms with van der Waals surface area (Å²) in [4.78, 5) is 14.1. The molecular formula is C24H17ClN2OS. The van der Waals surface area contributed by atoms with Crippen LogP contribution in [0.25, 0.3) is 15.8 Å². The minimum atomic E-state index is -0.148. The van der Waals surface area contributed by atoms with E-state index in [4.69, 9.17) is 11.6 Å². The van der Waals surface area contributed by atoms with Crippen LogP contribution in [0.1, 0.15) is 26.8 Å². The molecule has 5 rings (SSSR count). The van der Waals surface area contributed by atoms with Gasteiger partial charge in [-0.05, 0) is 23.3 Å². The fraction of sp³-hybridized carbons (Fsp3) is 0.0417. The lowest BCUT2D eigenvalue weighted by Gasteiger charge is -2.22. The number of hydrogen-bond acceptors (Lipinski definition) is 3. The Hall–Kier alpha value is -2.92. The number of thiophene rings is 1. The van der Waals surface area contributed by atoms with E-state index in [1.54, 1.807) is 5.01 Å². The highest BCUT2D eigenvalue weighted by molar-refractivity contribution is 7.21. The molecule has 0 radical (unpaired) electrons. The molecule has 0 saturated carbocycles. The highest BCUT2D eigenvalue weighted by atomic mass is 35.5. The van der Waals surface area contributed by atoms with Crippen molar-refractivity contribution in [3.63, 3.8) is 0 Å². The van der Waals surface area contributed by atoms with E-state index in [0.29, 0.717) is 9.90 Å². The molecule has 3 aromatic carbocycles. The number of carbonyl (C=O) groups is 1. The maximum atomic E-state index is 13.5. The molecule has 1 aliphatic rings. The third kappa shape index (κ3) is 3.25. The second-order valence-corrected chi connectivity index (χ2v) is 8.25. The highest BCUT2D eigenvalue weighted by Gasteiger charge is 2.32. The number of hydrogen-bond donors (Lipinski definition) is 1. The third-order valence-electron chi connectivity index (χ3n) is 4.99. The summed E-state index contributed by atoms with van der Waals surface area (Å²) in [6.45, 7) is 0. The molecule has 0 fully saturated rings. The molecule has 1 amide bonds. The van der Waals surface area contributed by atoms with E-state index < -0.39 is 0 Å². The number of rotatable bonds is 3. The van der Waals surface area contributed by atoms with Crippen LogP contribution in [0.2, 0.25) is 5.02 Å². The van der Waals surface area contributed by atoms with Crippen molar-refractivity contribution >= 4 is 44.6 Å². The molecular weight excluding hydrogens is 400 g/mol. The first-order valence-corrected chi connectivity index (χ1v) is 10.5. The van der Waals surface area contributed by atoms with Gasteiger partial charge >= 0.3 is 0 Å². The Balaban J connectivity index is 1.57. The predicted molar refractivity (Wildman–Crippen MR) is 120 cm³/mol. The van der Waals surface area contributed by atoms with Crippen molar-refractivity contribution in [1.82, 2.24) is 10.4 Å². The van der Waals surface area contributed by atoms with Gasteiger partial charge < -0.3 is 0 Å². The third-order valence-corrected chi connectivity index (χ3v) is 6.66. The number of amides is 1. The van der Waals surface area contributed by atoms with Crippen molar-refractivity contribution in [2.75, 3.05) is 0 Å². The monoisotopic (exact) mass is 416 g/mol. The van der Waals surface area contributed by atoms with Crippen molar-refractivity contribution in [2.45, 2.75) is 6.04 Å². The molecule has 4 aromatic rings. The SMILES string of the molecule is O=C(c1sc2ccccc2c1Cl)N1NC(c2ccccc2)C=C1c1ccccc1.